The highest BCUT2D eigenvalue weighted by atomic mass is 32.2. The summed E-state index contributed by atoms with van der Waals surface area (Å²) >= 11 is 1.53. The summed E-state index contributed by atoms with van der Waals surface area (Å²) < 4.78 is 38.4. The molecular formula is C11H12F3NOS. The third kappa shape index (κ3) is 3.66. The van der Waals surface area contributed by atoms with Crippen LogP contribution in [-0.2, 0) is 0 Å². The number of rotatable bonds is 4. The van der Waals surface area contributed by atoms with Crippen LogP contribution in [0.3, 0.4) is 0 Å². The SMILES string of the molecule is CSCC(C)NC(=O)c1cc(F)c(F)c(F)c1. The molecule has 17 heavy (non-hydrogen) atoms. The molecule has 0 aromatic heterocycles. The Morgan fingerprint density at radius 3 is 2.35 bits per heavy atom. The van der Waals surface area contributed by atoms with Gasteiger partial charge < -0.3 is 5.32 Å². The Bertz CT molecular complexity index is 402. The predicted octanol–water partition coefficient (Wildman–Crippen LogP) is 2.59. The summed E-state index contributed by atoms with van der Waals surface area (Å²) in [5.41, 5.74) is -0.227. The fourth-order valence-corrected chi connectivity index (χ4v) is 1.87. The maximum Gasteiger partial charge on any atom is 0.251 e. The van der Waals surface area contributed by atoms with Crippen LogP contribution in [-0.4, -0.2) is 24.0 Å². The lowest BCUT2D eigenvalue weighted by Crippen LogP contribution is -2.34. The van der Waals surface area contributed by atoms with Gasteiger partial charge in [-0.15, -0.1) is 0 Å². The summed E-state index contributed by atoms with van der Waals surface area (Å²) in [4.78, 5) is 11.6. The minimum atomic E-state index is -1.57. The second kappa shape index (κ2) is 5.95. The lowest BCUT2D eigenvalue weighted by atomic mass is 10.2. The smallest absolute Gasteiger partial charge is 0.251 e. The zero-order valence-corrected chi connectivity index (χ0v) is 10.2. The van der Waals surface area contributed by atoms with Crippen molar-refractivity contribution in [1.82, 2.24) is 5.32 Å². The quantitative estimate of drug-likeness (QED) is 0.846. The first-order valence-electron chi connectivity index (χ1n) is 4.90. The van der Waals surface area contributed by atoms with E-state index >= 15 is 0 Å². The van der Waals surface area contributed by atoms with Crippen molar-refractivity contribution in [3.8, 4) is 0 Å². The summed E-state index contributed by atoms with van der Waals surface area (Å²) in [6.45, 7) is 1.77. The summed E-state index contributed by atoms with van der Waals surface area (Å²) in [6, 6.07) is 1.23. The molecule has 6 heteroatoms. The van der Waals surface area contributed by atoms with E-state index in [1.54, 1.807) is 6.92 Å². The van der Waals surface area contributed by atoms with Crippen molar-refractivity contribution < 1.29 is 18.0 Å². The highest BCUT2D eigenvalue weighted by Crippen LogP contribution is 2.13. The Hall–Kier alpha value is -1.17. The number of hydrogen-bond acceptors (Lipinski definition) is 2. The third-order valence-electron chi connectivity index (χ3n) is 2.04. The van der Waals surface area contributed by atoms with E-state index in [0.717, 1.165) is 0 Å². The minimum Gasteiger partial charge on any atom is -0.349 e. The van der Waals surface area contributed by atoms with Crippen LogP contribution in [0.2, 0.25) is 0 Å². The molecule has 1 aromatic carbocycles. The average Bonchev–Trinajstić information content (AvgIpc) is 2.25. The van der Waals surface area contributed by atoms with Crippen LogP contribution in [0, 0.1) is 17.5 Å². The number of hydrogen-bond donors (Lipinski definition) is 1. The van der Waals surface area contributed by atoms with E-state index in [2.05, 4.69) is 5.32 Å². The van der Waals surface area contributed by atoms with Crippen LogP contribution in [0.25, 0.3) is 0 Å². The fourth-order valence-electron chi connectivity index (χ4n) is 1.29. The normalized spacial score (nSPS) is 12.3. The van der Waals surface area contributed by atoms with Crippen LogP contribution in [0.15, 0.2) is 12.1 Å². The Kier molecular flexibility index (Phi) is 4.86. The van der Waals surface area contributed by atoms with Gasteiger partial charge in [-0.05, 0) is 25.3 Å². The molecule has 0 spiro atoms. The van der Waals surface area contributed by atoms with Crippen LogP contribution >= 0.6 is 11.8 Å². The van der Waals surface area contributed by atoms with Crippen molar-refractivity contribution in [1.29, 1.82) is 0 Å². The lowest BCUT2D eigenvalue weighted by Gasteiger charge is -2.12. The van der Waals surface area contributed by atoms with Gasteiger partial charge in [0.2, 0.25) is 0 Å². The minimum absolute atomic E-state index is 0.131. The van der Waals surface area contributed by atoms with Gasteiger partial charge in [-0.3, -0.25) is 4.79 Å². The Morgan fingerprint density at radius 1 is 1.35 bits per heavy atom. The molecule has 0 fully saturated rings. The molecule has 0 aliphatic heterocycles. The first-order valence-corrected chi connectivity index (χ1v) is 6.29. The van der Waals surface area contributed by atoms with E-state index in [4.69, 9.17) is 0 Å². The van der Waals surface area contributed by atoms with Gasteiger partial charge in [-0.1, -0.05) is 0 Å². The summed E-state index contributed by atoms with van der Waals surface area (Å²) in [7, 11) is 0. The number of benzene rings is 1. The zero-order chi connectivity index (χ0) is 13.0. The Labute approximate surface area is 102 Å². The number of carbonyl (C=O) groups excluding carboxylic acids is 1. The van der Waals surface area contributed by atoms with E-state index in [-0.39, 0.29) is 11.6 Å². The average molecular weight is 263 g/mol. The van der Waals surface area contributed by atoms with Gasteiger partial charge in [-0.25, -0.2) is 13.2 Å². The van der Waals surface area contributed by atoms with Gasteiger partial charge in [-0.2, -0.15) is 11.8 Å². The molecule has 1 unspecified atom stereocenters. The maximum atomic E-state index is 12.9. The van der Waals surface area contributed by atoms with Crippen LogP contribution < -0.4 is 5.32 Å². The molecule has 0 saturated heterocycles. The van der Waals surface area contributed by atoms with Gasteiger partial charge in [0, 0.05) is 17.4 Å². The molecule has 1 N–H and O–H groups in total. The second-order valence-electron chi connectivity index (χ2n) is 3.58. The summed E-state index contributed by atoms with van der Waals surface area (Å²) in [5.74, 6) is -4.25. The van der Waals surface area contributed by atoms with Crippen LogP contribution in [0.1, 0.15) is 17.3 Å². The molecular weight excluding hydrogens is 251 g/mol. The molecule has 1 amide bonds. The predicted molar refractivity (Wildman–Crippen MR) is 61.6 cm³/mol. The first-order chi connectivity index (χ1) is 7.95. The van der Waals surface area contributed by atoms with Crippen molar-refractivity contribution in [3.63, 3.8) is 0 Å². The van der Waals surface area contributed by atoms with Crippen LogP contribution in [0.5, 0.6) is 0 Å². The van der Waals surface area contributed by atoms with Crippen molar-refractivity contribution >= 4 is 17.7 Å². The zero-order valence-electron chi connectivity index (χ0n) is 9.39. The number of amides is 1. The molecule has 2 nitrogen and oxygen atoms in total. The topological polar surface area (TPSA) is 29.1 Å². The molecule has 0 aliphatic rings. The van der Waals surface area contributed by atoms with Gasteiger partial charge >= 0.3 is 0 Å². The van der Waals surface area contributed by atoms with Crippen molar-refractivity contribution in [2.24, 2.45) is 0 Å². The Balaban J connectivity index is 2.83. The van der Waals surface area contributed by atoms with E-state index in [1.165, 1.54) is 11.8 Å². The van der Waals surface area contributed by atoms with Gasteiger partial charge in [0.25, 0.3) is 5.91 Å². The van der Waals surface area contributed by atoms with E-state index in [0.29, 0.717) is 17.9 Å². The summed E-state index contributed by atoms with van der Waals surface area (Å²) in [6.07, 6.45) is 1.87. The summed E-state index contributed by atoms with van der Waals surface area (Å²) in [5, 5.41) is 2.56. The van der Waals surface area contributed by atoms with Gasteiger partial charge in [0.1, 0.15) is 0 Å². The third-order valence-corrected chi connectivity index (χ3v) is 2.87. The maximum absolute atomic E-state index is 12.9. The van der Waals surface area contributed by atoms with E-state index < -0.39 is 23.4 Å². The molecule has 0 aliphatic carbocycles. The largest absolute Gasteiger partial charge is 0.349 e. The standard InChI is InChI=1S/C11H12F3NOS/c1-6(5-17-2)15-11(16)7-3-8(12)10(14)9(13)4-7/h3-4,6H,5H2,1-2H3,(H,15,16). The molecule has 0 heterocycles. The van der Waals surface area contributed by atoms with E-state index in [1.807, 2.05) is 6.26 Å². The number of thioether (sulfide) groups is 1. The van der Waals surface area contributed by atoms with Gasteiger partial charge in [0.05, 0.1) is 0 Å². The number of halogens is 3. The number of carbonyl (C=O) groups is 1. The second-order valence-corrected chi connectivity index (χ2v) is 4.49. The molecule has 1 atom stereocenters. The van der Waals surface area contributed by atoms with Crippen molar-refractivity contribution in [3.05, 3.63) is 35.1 Å². The molecule has 1 aromatic rings. The number of nitrogens with one attached hydrogen (secondary N) is 1. The van der Waals surface area contributed by atoms with Crippen molar-refractivity contribution in [2.45, 2.75) is 13.0 Å². The molecule has 94 valence electrons. The van der Waals surface area contributed by atoms with Crippen molar-refractivity contribution in [2.75, 3.05) is 12.0 Å². The molecule has 0 saturated carbocycles. The molecule has 0 radical (unpaired) electrons. The monoisotopic (exact) mass is 263 g/mol. The van der Waals surface area contributed by atoms with Crippen LogP contribution in [0.4, 0.5) is 13.2 Å². The Morgan fingerprint density at radius 2 is 1.88 bits per heavy atom. The van der Waals surface area contributed by atoms with E-state index in [9.17, 15) is 18.0 Å². The highest BCUT2D eigenvalue weighted by molar-refractivity contribution is 7.98. The lowest BCUT2D eigenvalue weighted by molar-refractivity contribution is 0.0942. The highest BCUT2D eigenvalue weighted by Gasteiger charge is 2.16. The molecule has 0 bridgehead atoms. The fraction of sp³-hybridized carbons (Fsp3) is 0.364. The van der Waals surface area contributed by atoms with Gasteiger partial charge in [0.15, 0.2) is 17.5 Å². The molecule has 1 rings (SSSR count). The first kappa shape index (κ1) is 13.9.